The first kappa shape index (κ1) is 23.3. The van der Waals surface area contributed by atoms with Crippen LogP contribution in [-0.2, 0) is 4.79 Å². The zero-order valence-electron chi connectivity index (χ0n) is 20.2. The highest BCUT2D eigenvalue weighted by molar-refractivity contribution is 5.76. The average molecular weight is 467 g/mol. The van der Waals surface area contributed by atoms with E-state index < -0.39 is 5.97 Å². The van der Waals surface area contributed by atoms with Gasteiger partial charge >= 0.3 is 5.97 Å². The maximum atomic E-state index is 13.8. The number of fused-ring (bicyclic) bond motifs is 1. The average Bonchev–Trinajstić information content (AvgIpc) is 3.26. The van der Waals surface area contributed by atoms with Crippen LogP contribution in [0.2, 0.25) is 0 Å². The summed E-state index contributed by atoms with van der Waals surface area (Å²) < 4.78 is 2.01. The minimum absolute atomic E-state index is 0.0147. The van der Waals surface area contributed by atoms with E-state index in [1.807, 2.05) is 33.7 Å². The summed E-state index contributed by atoms with van der Waals surface area (Å²) in [7, 11) is 0. The molecule has 1 atom stereocenters. The molecule has 184 valence electrons. The van der Waals surface area contributed by atoms with Crippen molar-refractivity contribution < 1.29 is 9.90 Å². The van der Waals surface area contributed by atoms with Gasteiger partial charge in [0.1, 0.15) is 0 Å². The Morgan fingerprint density at radius 1 is 0.912 bits per heavy atom. The quantitative estimate of drug-likeness (QED) is 0.702. The van der Waals surface area contributed by atoms with E-state index in [2.05, 4.69) is 4.90 Å². The number of piperidine rings is 1. The third-order valence-electron chi connectivity index (χ3n) is 8.28. The standard InChI is InChI=1S/C27H38N4O3/c32-25(33)18-20-12-15-30(19-20)26-27(34)31(24-11-7-6-10-23(24)28-26)22-13-16-29(17-14-22)21-8-4-2-1-3-5-9-21/h6-7,10-11,20-22H,1-5,8-9,12-19H2,(H,32,33). The fraction of sp³-hybridized carbons (Fsp3) is 0.667. The summed E-state index contributed by atoms with van der Waals surface area (Å²) in [5.74, 6) is -0.202. The number of hydrogen-bond acceptors (Lipinski definition) is 5. The van der Waals surface area contributed by atoms with Gasteiger partial charge in [-0.25, -0.2) is 4.98 Å². The van der Waals surface area contributed by atoms with Crippen LogP contribution in [0.4, 0.5) is 5.82 Å². The molecule has 5 rings (SSSR count). The van der Waals surface area contributed by atoms with E-state index in [-0.39, 0.29) is 23.9 Å². The second kappa shape index (κ2) is 10.5. The first-order valence-corrected chi connectivity index (χ1v) is 13.3. The van der Waals surface area contributed by atoms with Gasteiger partial charge in [0.15, 0.2) is 5.82 Å². The number of benzene rings is 1. The molecule has 3 aliphatic rings. The van der Waals surface area contributed by atoms with E-state index in [0.717, 1.165) is 43.4 Å². The van der Waals surface area contributed by atoms with Crippen LogP contribution >= 0.6 is 0 Å². The van der Waals surface area contributed by atoms with Crippen molar-refractivity contribution in [3.05, 3.63) is 34.6 Å². The molecule has 1 unspecified atom stereocenters. The summed E-state index contributed by atoms with van der Waals surface area (Å²) in [6.07, 6.45) is 12.4. The number of likely N-dealkylation sites (tertiary alicyclic amines) is 1. The van der Waals surface area contributed by atoms with Gasteiger partial charge in [-0.3, -0.25) is 9.59 Å². The van der Waals surface area contributed by atoms with E-state index >= 15 is 0 Å². The molecule has 1 aliphatic carbocycles. The van der Waals surface area contributed by atoms with E-state index in [0.29, 0.717) is 24.9 Å². The largest absolute Gasteiger partial charge is 0.481 e. The van der Waals surface area contributed by atoms with Crippen LogP contribution < -0.4 is 10.5 Å². The van der Waals surface area contributed by atoms with Crippen molar-refractivity contribution in [3.63, 3.8) is 0 Å². The number of nitrogens with zero attached hydrogens (tertiary/aromatic N) is 4. The highest BCUT2D eigenvalue weighted by Gasteiger charge is 2.31. The Morgan fingerprint density at radius 2 is 1.62 bits per heavy atom. The molecule has 0 bridgehead atoms. The predicted octanol–water partition coefficient (Wildman–Crippen LogP) is 4.45. The lowest BCUT2D eigenvalue weighted by Gasteiger charge is -2.39. The van der Waals surface area contributed by atoms with Crippen LogP contribution in [0.15, 0.2) is 29.1 Å². The number of hydrogen-bond donors (Lipinski definition) is 1. The van der Waals surface area contributed by atoms with E-state index in [1.165, 1.54) is 44.9 Å². The molecular formula is C27H38N4O3. The smallest absolute Gasteiger partial charge is 0.303 e. The maximum absolute atomic E-state index is 13.8. The van der Waals surface area contributed by atoms with Crippen LogP contribution in [-0.4, -0.2) is 57.7 Å². The molecule has 1 N–H and O–H groups in total. The molecule has 34 heavy (non-hydrogen) atoms. The van der Waals surface area contributed by atoms with Crippen molar-refractivity contribution in [1.29, 1.82) is 0 Å². The van der Waals surface area contributed by atoms with Crippen molar-refractivity contribution in [1.82, 2.24) is 14.5 Å². The van der Waals surface area contributed by atoms with Gasteiger partial charge in [-0.05, 0) is 50.2 Å². The zero-order valence-corrected chi connectivity index (χ0v) is 20.2. The molecule has 3 fully saturated rings. The SMILES string of the molecule is O=C(O)CC1CCN(c2nc3ccccc3n(C3CCN(C4CCCCCCC4)CC3)c2=O)C1. The Bertz CT molecular complexity index is 1050. The monoisotopic (exact) mass is 466 g/mol. The van der Waals surface area contributed by atoms with Gasteiger partial charge in [0.25, 0.3) is 5.56 Å². The van der Waals surface area contributed by atoms with Crippen molar-refractivity contribution in [2.75, 3.05) is 31.1 Å². The number of aliphatic carboxylic acids is 1. The molecule has 2 aliphatic heterocycles. The topological polar surface area (TPSA) is 78.7 Å². The molecular weight excluding hydrogens is 428 g/mol. The van der Waals surface area contributed by atoms with Gasteiger partial charge in [0, 0.05) is 44.7 Å². The Labute approximate surface area is 201 Å². The molecule has 2 aromatic rings. The van der Waals surface area contributed by atoms with Crippen LogP contribution in [0.1, 0.15) is 76.7 Å². The van der Waals surface area contributed by atoms with Crippen molar-refractivity contribution >= 4 is 22.8 Å². The Kier molecular flexibility index (Phi) is 7.18. The van der Waals surface area contributed by atoms with Gasteiger partial charge in [-0.15, -0.1) is 0 Å². The minimum atomic E-state index is -0.771. The summed E-state index contributed by atoms with van der Waals surface area (Å²) in [6.45, 7) is 3.39. The normalized spacial score (nSPS) is 23.8. The molecule has 0 radical (unpaired) electrons. The molecule has 3 heterocycles. The number of anilines is 1. The lowest BCUT2D eigenvalue weighted by molar-refractivity contribution is -0.137. The molecule has 1 aromatic heterocycles. The molecule has 2 saturated heterocycles. The highest BCUT2D eigenvalue weighted by Crippen LogP contribution is 2.31. The fourth-order valence-corrected chi connectivity index (χ4v) is 6.46. The summed E-state index contributed by atoms with van der Waals surface area (Å²) in [4.78, 5) is 34.4. The van der Waals surface area contributed by atoms with E-state index in [9.17, 15) is 14.7 Å². The number of carboxylic acids is 1. The molecule has 1 aromatic carbocycles. The second-order valence-corrected chi connectivity index (χ2v) is 10.6. The van der Waals surface area contributed by atoms with Crippen LogP contribution in [0.25, 0.3) is 11.0 Å². The predicted molar refractivity (Wildman–Crippen MR) is 135 cm³/mol. The second-order valence-electron chi connectivity index (χ2n) is 10.6. The van der Waals surface area contributed by atoms with Crippen LogP contribution in [0, 0.1) is 5.92 Å². The molecule has 1 saturated carbocycles. The van der Waals surface area contributed by atoms with Crippen molar-refractivity contribution in [2.45, 2.75) is 82.7 Å². The van der Waals surface area contributed by atoms with Gasteiger partial charge in [-0.2, -0.15) is 0 Å². The van der Waals surface area contributed by atoms with Crippen LogP contribution in [0.3, 0.4) is 0 Å². The van der Waals surface area contributed by atoms with Crippen LogP contribution in [0.5, 0.6) is 0 Å². The summed E-state index contributed by atoms with van der Waals surface area (Å²) in [5.41, 5.74) is 1.75. The lowest BCUT2D eigenvalue weighted by atomic mass is 9.93. The Morgan fingerprint density at radius 3 is 2.35 bits per heavy atom. The van der Waals surface area contributed by atoms with Crippen molar-refractivity contribution in [2.24, 2.45) is 5.92 Å². The highest BCUT2D eigenvalue weighted by atomic mass is 16.4. The summed E-state index contributed by atoms with van der Waals surface area (Å²) in [5, 5.41) is 9.18. The number of carboxylic acid groups (broad SMARTS) is 1. The maximum Gasteiger partial charge on any atom is 0.303 e. The van der Waals surface area contributed by atoms with E-state index in [1.54, 1.807) is 0 Å². The summed E-state index contributed by atoms with van der Waals surface area (Å²) >= 11 is 0. The Hall–Kier alpha value is -2.41. The number of rotatable bonds is 5. The van der Waals surface area contributed by atoms with Gasteiger partial charge in [-0.1, -0.05) is 44.2 Å². The summed E-state index contributed by atoms with van der Waals surface area (Å²) in [6, 6.07) is 8.86. The first-order chi connectivity index (χ1) is 16.6. The zero-order chi connectivity index (χ0) is 23.5. The first-order valence-electron chi connectivity index (χ1n) is 13.3. The number of aromatic nitrogens is 2. The van der Waals surface area contributed by atoms with E-state index in [4.69, 9.17) is 4.98 Å². The molecule has 0 amide bonds. The minimum Gasteiger partial charge on any atom is -0.481 e. The molecule has 0 spiro atoms. The van der Waals surface area contributed by atoms with Gasteiger partial charge in [0.05, 0.1) is 11.0 Å². The Balaban J connectivity index is 1.37. The van der Waals surface area contributed by atoms with Gasteiger partial charge < -0.3 is 19.5 Å². The molecule has 7 nitrogen and oxygen atoms in total. The lowest BCUT2D eigenvalue weighted by Crippen LogP contribution is -2.44. The third kappa shape index (κ3) is 4.99. The molecule has 7 heteroatoms. The third-order valence-corrected chi connectivity index (χ3v) is 8.28. The van der Waals surface area contributed by atoms with Crippen molar-refractivity contribution in [3.8, 4) is 0 Å². The number of carbonyl (C=O) groups is 1. The van der Waals surface area contributed by atoms with Gasteiger partial charge in [0.2, 0.25) is 0 Å². The fourth-order valence-electron chi connectivity index (χ4n) is 6.46. The number of para-hydroxylation sites is 2.